The van der Waals surface area contributed by atoms with Gasteiger partial charge in [-0.25, -0.2) is 9.59 Å². The lowest BCUT2D eigenvalue weighted by atomic mass is 10.1. The lowest BCUT2D eigenvalue weighted by Gasteiger charge is -2.02. The Morgan fingerprint density at radius 1 is 0.941 bits per heavy atom. The molecule has 0 saturated carbocycles. The third-order valence-corrected chi connectivity index (χ3v) is 2.53. The van der Waals surface area contributed by atoms with Gasteiger partial charge in [0.1, 0.15) is 0 Å². The first-order chi connectivity index (χ1) is 7.21. The van der Waals surface area contributed by atoms with Crippen LogP contribution in [0.25, 0.3) is 0 Å². The van der Waals surface area contributed by atoms with Crippen molar-refractivity contribution in [3.63, 3.8) is 0 Å². The van der Waals surface area contributed by atoms with Crippen LogP contribution in [0.1, 0.15) is 20.7 Å². The third kappa shape index (κ3) is 3.70. The van der Waals surface area contributed by atoms with Crippen molar-refractivity contribution in [2.45, 2.75) is 4.90 Å². The second-order valence-electron chi connectivity index (χ2n) is 2.83. The van der Waals surface area contributed by atoms with Crippen LogP contribution in [0.15, 0.2) is 23.1 Å². The number of hydrogen-bond donors (Lipinski definition) is 3. The quantitative estimate of drug-likeness (QED) is 0.698. The summed E-state index contributed by atoms with van der Waals surface area (Å²) in [5, 5.41) is 17.2. The van der Waals surface area contributed by atoms with E-state index in [1.165, 1.54) is 0 Å². The largest absolute Gasteiger partial charge is 0.478 e. The van der Waals surface area contributed by atoms with E-state index >= 15 is 0 Å². The van der Waals surface area contributed by atoms with Gasteiger partial charge >= 0.3 is 11.9 Å². The third-order valence-electron chi connectivity index (χ3n) is 1.70. The fourth-order valence-electron chi connectivity index (χ4n) is 0.995. The van der Waals surface area contributed by atoms with E-state index in [9.17, 15) is 18.0 Å². The van der Waals surface area contributed by atoms with Gasteiger partial charge in [0.05, 0.1) is 16.0 Å². The molecule has 9 heteroatoms. The van der Waals surface area contributed by atoms with Crippen molar-refractivity contribution in [3.05, 3.63) is 29.3 Å². The molecule has 1 aromatic rings. The molecule has 0 amide bonds. The molecule has 0 saturated heterocycles. The first-order valence-corrected chi connectivity index (χ1v) is 5.25. The van der Waals surface area contributed by atoms with Crippen molar-refractivity contribution >= 4 is 34.5 Å². The maximum Gasteiger partial charge on any atom is 0.335 e. The monoisotopic (exact) mass is 282 g/mol. The molecule has 0 spiro atoms. The van der Waals surface area contributed by atoms with Gasteiger partial charge < -0.3 is 10.2 Å². The molecule has 0 bridgehead atoms. The summed E-state index contributed by atoms with van der Waals surface area (Å²) < 4.78 is 30.2. The number of halogens is 1. The molecule has 3 N–H and O–H groups in total. The molecule has 7 nitrogen and oxygen atoms in total. The zero-order valence-corrected chi connectivity index (χ0v) is 9.66. The summed E-state index contributed by atoms with van der Waals surface area (Å²) in [4.78, 5) is 20.4. The topological polar surface area (TPSA) is 129 Å². The fraction of sp³-hybridized carbons (Fsp3) is 0. The number of benzene rings is 1. The van der Waals surface area contributed by atoms with Gasteiger partial charge in [-0.1, -0.05) is 0 Å². The van der Waals surface area contributed by atoms with Gasteiger partial charge in [0.25, 0.3) is 10.1 Å². The number of aromatic carboxylic acids is 2. The van der Waals surface area contributed by atoms with E-state index in [1.807, 2.05) is 0 Å². The molecule has 0 radical (unpaired) electrons. The van der Waals surface area contributed by atoms with Gasteiger partial charge in [0.2, 0.25) is 0 Å². The summed E-state index contributed by atoms with van der Waals surface area (Å²) in [7, 11) is -4.64. The molecule has 0 aromatic heterocycles. The van der Waals surface area contributed by atoms with Crippen LogP contribution >= 0.6 is 12.4 Å². The molecule has 0 aliphatic carbocycles. The van der Waals surface area contributed by atoms with Gasteiger partial charge in [-0.05, 0) is 18.2 Å². The van der Waals surface area contributed by atoms with Crippen molar-refractivity contribution in [2.24, 2.45) is 0 Å². The molecule has 0 unspecified atom stereocenters. The van der Waals surface area contributed by atoms with Crippen LogP contribution in [0.5, 0.6) is 0 Å². The van der Waals surface area contributed by atoms with Gasteiger partial charge in [0, 0.05) is 0 Å². The van der Waals surface area contributed by atoms with Crippen molar-refractivity contribution in [2.75, 3.05) is 0 Å². The Kier molecular flexibility index (Phi) is 4.63. The highest BCUT2D eigenvalue weighted by molar-refractivity contribution is 7.85. The number of hydrogen-bond acceptors (Lipinski definition) is 4. The van der Waals surface area contributed by atoms with Crippen molar-refractivity contribution in [1.29, 1.82) is 0 Å². The summed E-state index contributed by atoms with van der Waals surface area (Å²) in [6, 6.07) is 2.13. The highest BCUT2D eigenvalue weighted by Gasteiger charge is 2.17. The van der Waals surface area contributed by atoms with Crippen molar-refractivity contribution in [3.8, 4) is 0 Å². The standard InChI is InChI=1S/C8H6O7S.ClH/c9-7(10)4-1-5(8(11)12)3-6(2-4)16(13,14)15;/h1-3H,(H,9,10)(H,11,12)(H,13,14,15);1H. The molecule has 1 rings (SSSR count). The smallest absolute Gasteiger partial charge is 0.335 e. The summed E-state index contributed by atoms with van der Waals surface area (Å²) in [6.45, 7) is 0. The lowest BCUT2D eigenvalue weighted by molar-refractivity contribution is 0.0696. The normalized spacial score (nSPS) is 10.4. The van der Waals surface area contributed by atoms with Gasteiger partial charge in [-0.3, -0.25) is 4.55 Å². The molecule has 0 aliphatic heterocycles. The zero-order valence-electron chi connectivity index (χ0n) is 8.02. The Morgan fingerprint density at radius 2 is 1.29 bits per heavy atom. The minimum absolute atomic E-state index is 0. The molecule has 94 valence electrons. The Labute approximate surface area is 102 Å². The predicted octanol–water partition coefficient (Wildman–Crippen LogP) is 0.752. The average Bonchev–Trinajstić information content (AvgIpc) is 2.15. The van der Waals surface area contributed by atoms with E-state index in [4.69, 9.17) is 14.8 Å². The zero-order chi connectivity index (χ0) is 12.5. The summed E-state index contributed by atoms with van der Waals surface area (Å²) in [5.74, 6) is -2.99. The molecular formula is C8H7ClO7S. The van der Waals surface area contributed by atoms with Crippen LogP contribution in [0, 0.1) is 0 Å². The number of carboxylic acid groups (broad SMARTS) is 2. The number of carbonyl (C=O) groups is 2. The van der Waals surface area contributed by atoms with Crippen LogP contribution in [-0.4, -0.2) is 35.1 Å². The molecule has 1 aromatic carbocycles. The first-order valence-electron chi connectivity index (χ1n) is 3.81. The van der Waals surface area contributed by atoms with Gasteiger partial charge in [0.15, 0.2) is 0 Å². The van der Waals surface area contributed by atoms with Crippen LogP contribution in [-0.2, 0) is 10.1 Å². The molecule has 17 heavy (non-hydrogen) atoms. The first kappa shape index (κ1) is 15.4. The summed E-state index contributed by atoms with van der Waals surface area (Å²) in [6.07, 6.45) is 0. The Morgan fingerprint density at radius 3 is 1.53 bits per heavy atom. The van der Waals surface area contributed by atoms with Crippen LogP contribution in [0.2, 0.25) is 0 Å². The van der Waals surface area contributed by atoms with E-state index < -0.39 is 38.1 Å². The molecule has 0 fully saturated rings. The van der Waals surface area contributed by atoms with Crippen molar-refractivity contribution in [1.82, 2.24) is 0 Å². The van der Waals surface area contributed by atoms with Crippen molar-refractivity contribution < 1.29 is 32.8 Å². The minimum Gasteiger partial charge on any atom is -0.478 e. The van der Waals surface area contributed by atoms with Crippen LogP contribution in [0.4, 0.5) is 0 Å². The minimum atomic E-state index is -4.64. The molecule has 0 heterocycles. The Bertz CT molecular complexity index is 531. The van der Waals surface area contributed by atoms with E-state index in [1.54, 1.807) is 0 Å². The summed E-state index contributed by atoms with van der Waals surface area (Å²) in [5.41, 5.74) is -1.07. The summed E-state index contributed by atoms with van der Waals surface area (Å²) >= 11 is 0. The number of carboxylic acids is 2. The van der Waals surface area contributed by atoms with E-state index in [-0.39, 0.29) is 12.4 Å². The average molecular weight is 283 g/mol. The maximum atomic E-state index is 10.8. The molecule has 0 atom stereocenters. The van der Waals surface area contributed by atoms with E-state index in [0.29, 0.717) is 12.1 Å². The van der Waals surface area contributed by atoms with Gasteiger partial charge in [-0.2, -0.15) is 8.42 Å². The van der Waals surface area contributed by atoms with Crippen LogP contribution in [0.3, 0.4) is 0 Å². The van der Waals surface area contributed by atoms with Crippen LogP contribution < -0.4 is 0 Å². The van der Waals surface area contributed by atoms with E-state index in [2.05, 4.69) is 0 Å². The Balaban J connectivity index is 0.00000256. The SMILES string of the molecule is Cl.O=C(O)c1cc(C(=O)O)cc(S(=O)(=O)O)c1. The lowest BCUT2D eigenvalue weighted by Crippen LogP contribution is -2.07. The highest BCUT2D eigenvalue weighted by Crippen LogP contribution is 2.15. The number of rotatable bonds is 3. The Hall–Kier alpha value is -1.64. The molecular weight excluding hydrogens is 276 g/mol. The highest BCUT2D eigenvalue weighted by atomic mass is 35.5. The predicted molar refractivity (Wildman–Crippen MR) is 57.4 cm³/mol. The fourth-order valence-corrected chi connectivity index (χ4v) is 1.55. The second kappa shape index (κ2) is 5.13. The molecule has 0 aliphatic rings. The maximum absolute atomic E-state index is 10.8. The van der Waals surface area contributed by atoms with Gasteiger partial charge in [-0.15, -0.1) is 12.4 Å². The van der Waals surface area contributed by atoms with E-state index in [0.717, 1.165) is 6.07 Å². The second-order valence-corrected chi connectivity index (χ2v) is 4.25.